The minimum absolute atomic E-state index is 0.214. The van der Waals surface area contributed by atoms with E-state index in [1.54, 1.807) is 7.11 Å². The molecular formula is C24H35NO2Si. The Morgan fingerprint density at radius 1 is 1.00 bits per heavy atom. The standard InChI is InChI=1S/C24H35NO2Si/c1-24(2,3)28(5,6)27-23-14-13-19-15-20(10-7-9-18(19)16-23)25-21-11-8-12-22(17-21)26-4/h8,11-14,16-17,20,25H,7,9-10,15H2,1-6H3. The first-order valence-corrected chi connectivity index (χ1v) is 13.3. The first-order chi connectivity index (χ1) is 13.2. The van der Waals surface area contributed by atoms with E-state index in [4.69, 9.17) is 9.16 Å². The second kappa shape index (κ2) is 8.20. The number of benzene rings is 2. The molecule has 28 heavy (non-hydrogen) atoms. The maximum absolute atomic E-state index is 6.53. The summed E-state index contributed by atoms with van der Waals surface area (Å²) in [4.78, 5) is 0. The predicted octanol–water partition coefficient (Wildman–Crippen LogP) is 6.44. The highest BCUT2D eigenvalue weighted by molar-refractivity contribution is 6.74. The van der Waals surface area contributed by atoms with Crippen LogP contribution in [0.15, 0.2) is 42.5 Å². The van der Waals surface area contributed by atoms with Crippen molar-refractivity contribution in [3.05, 3.63) is 53.6 Å². The Morgan fingerprint density at radius 2 is 1.79 bits per heavy atom. The third-order valence-corrected chi connectivity index (χ3v) is 10.6. The first-order valence-electron chi connectivity index (χ1n) is 10.4. The van der Waals surface area contributed by atoms with Crippen LogP contribution in [0.3, 0.4) is 0 Å². The zero-order chi connectivity index (χ0) is 20.4. The highest BCUT2D eigenvalue weighted by Crippen LogP contribution is 2.38. The third kappa shape index (κ3) is 4.91. The molecule has 0 aromatic heterocycles. The van der Waals surface area contributed by atoms with E-state index in [0.717, 1.165) is 30.0 Å². The molecule has 0 amide bonds. The average Bonchev–Trinajstić information content (AvgIpc) is 2.82. The van der Waals surface area contributed by atoms with Crippen LogP contribution in [0.25, 0.3) is 0 Å². The molecule has 1 atom stereocenters. The molecule has 1 aliphatic rings. The summed E-state index contributed by atoms with van der Waals surface area (Å²) in [5.74, 6) is 1.94. The van der Waals surface area contributed by atoms with Crippen molar-refractivity contribution >= 4 is 14.0 Å². The molecule has 0 aliphatic heterocycles. The molecule has 2 aromatic rings. The van der Waals surface area contributed by atoms with Gasteiger partial charge in [-0.15, -0.1) is 0 Å². The van der Waals surface area contributed by atoms with Crippen LogP contribution in [0.4, 0.5) is 5.69 Å². The molecule has 0 saturated heterocycles. The van der Waals surface area contributed by atoms with Crippen LogP contribution in [0.5, 0.6) is 11.5 Å². The van der Waals surface area contributed by atoms with Crippen molar-refractivity contribution in [1.82, 2.24) is 0 Å². The Kier molecular flexibility index (Phi) is 6.09. The molecule has 4 heteroatoms. The summed E-state index contributed by atoms with van der Waals surface area (Å²) in [7, 11) is -0.0886. The average molecular weight is 398 g/mol. The van der Waals surface area contributed by atoms with E-state index in [0.29, 0.717) is 6.04 Å². The van der Waals surface area contributed by atoms with E-state index < -0.39 is 8.32 Å². The lowest BCUT2D eigenvalue weighted by atomic mass is 10.0. The van der Waals surface area contributed by atoms with Gasteiger partial charge in [-0.25, -0.2) is 0 Å². The van der Waals surface area contributed by atoms with E-state index in [1.165, 1.54) is 24.0 Å². The number of methoxy groups -OCH3 is 1. The quantitative estimate of drug-likeness (QED) is 0.465. The van der Waals surface area contributed by atoms with E-state index in [-0.39, 0.29) is 5.04 Å². The van der Waals surface area contributed by atoms with Gasteiger partial charge in [-0.2, -0.15) is 0 Å². The number of rotatable bonds is 5. The summed E-state index contributed by atoms with van der Waals surface area (Å²) < 4.78 is 11.9. The lowest BCUT2D eigenvalue weighted by Gasteiger charge is -2.36. The Hall–Kier alpha value is -1.94. The molecule has 1 N–H and O–H groups in total. The highest BCUT2D eigenvalue weighted by atomic mass is 28.4. The Bertz CT molecular complexity index is 810. The van der Waals surface area contributed by atoms with Crippen molar-refractivity contribution in [3.8, 4) is 11.5 Å². The number of aryl methyl sites for hydroxylation is 1. The summed E-state index contributed by atoms with van der Waals surface area (Å²) in [6.07, 6.45) is 4.54. The van der Waals surface area contributed by atoms with Crippen LogP contribution in [0.2, 0.25) is 18.1 Å². The van der Waals surface area contributed by atoms with Crippen molar-refractivity contribution in [2.24, 2.45) is 0 Å². The third-order valence-electron chi connectivity index (χ3n) is 6.26. The fourth-order valence-corrected chi connectivity index (χ4v) is 4.55. The second-order valence-corrected chi connectivity index (χ2v) is 14.2. The summed E-state index contributed by atoms with van der Waals surface area (Å²) in [5.41, 5.74) is 4.03. The predicted molar refractivity (Wildman–Crippen MR) is 121 cm³/mol. The molecule has 1 unspecified atom stereocenters. The maximum Gasteiger partial charge on any atom is 0.250 e. The van der Waals surface area contributed by atoms with Gasteiger partial charge in [-0.1, -0.05) is 32.9 Å². The topological polar surface area (TPSA) is 30.5 Å². The number of hydrogen-bond acceptors (Lipinski definition) is 3. The van der Waals surface area contributed by atoms with E-state index in [2.05, 4.69) is 69.5 Å². The number of nitrogens with one attached hydrogen (secondary N) is 1. The molecule has 2 aromatic carbocycles. The van der Waals surface area contributed by atoms with Crippen molar-refractivity contribution < 1.29 is 9.16 Å². The van der Waals surface area contributed by atoms with Gasteiger partial charge >= 0.3 is 0 Å². The normalized spacial score (nSPS) is 17.4. The zero-order valence-corrected chi connectivity index (χ0v) is 19.3. The van der Waals surface area contributed by atoms with E-state index >= 15 is 0 Å². The Balaban J connectivity index is 1.73. The zero-order valence-electron chi connectivity index (χ0n) is 18.3. The Morgan fingerprint density at radius 3 is 2.50 bits per heavy atom. The van der Waals surface area contributed by atoms with Gasteiger partial charge in [0.1, 0.15) is 11.5 Å². The van der Waals surface area contributed by atoms with Gasteiger partial charge in [0.2, 0.25) is 8.32 Å². The largest absolute Gasteiger partial charge is 0.543 e. The molecule has 3 nitrogen and oxygen atoms in total. The lowest BCUT2D eigenvalue weighted by molar-refractivity contribution is 0.415. The van der Waals surface area contributed by atoms with Crippen LogP contribution < -0.4 is 14.5 Å². The van der Waals surface area contributed by atoms with Gasteiger partial charge < -0.3 is 14.5 Å². The fraction of sp³-hybridized carbons (Fsp3) is 0.500. The van der Waals surface area contributed by atoms with Crippen LogP contribution in [-0.4, -0.2) is 21.5 Å². The molecule has 0 saturated carbocycles. The number of hydrogen-bond donors (Lipinski definition) is 1. The summed E-state index contributed by atoms with van der Waals surface area (Å²) in [5, 5.41) is 3.92. The molecule has 0 radical (unpaired) electrons. The maximum atomic E-state index is 6.53. The molecule has 1 aliphatic carbocycles. The van der Waals surface area contributed by atoms with Crippen LogP contribution in [-0.2, 0) is 12.8 Å². The van der Waals surface area contributed by atoms with Gasteiger partial charge in [-0.3, -0.25) is 0 Å². The number of fused-ring (bicyclic) bond motifs is 1. The van der Waals surface area contributed by atoms with Crippen molar-refractivity contribution in [3.63, 3.8) is 0 Å². The second-order valence-electron chi connectivity index (χ2n) is 9.46. The van der Waals surface area contributed by atoms with Gasteiger partial charge in [0.25, 0.3) is 0 Å². The van der Waals surface area contributed by atoms with Crippen LogP contribution in [0.1, 0.15) is 44.7 Å². The molecule has 0 fully saturated rings. The molecule has 0 heterocycles. The van der Waals surface area contributed by atoms with Gasteiger partial charge in [0.05, 0.1) is 7.11 Å². The SMILES string of the molecule is COc1cccc(NC2CCCc3cc(O[Si](C)(C)C(C)(C)C)ccc3C2)c1. The smallest absolute Gasteiger partial charge is 0.250 e. The van der Waals surface area contributed by atoms with Crippen molar-refractivity contribution in [1.29, 1.82) is 0 Å². The van der Waals surface area contributed by atoms with Crippen molar-refractivity contribution in [2.75, 3.05) is 12.4 Å². The first kappa shape index (κ1) is 20.8. The number of ether oxygens (including phenoxy) is 1. The fourth-order valence-electron chi connectivity index (χ4n) is 3.52. The van der Waals surface area contributed by atoms with E-state index in [9.17, 15) is 0 Å². The van der Waals surface area contributed by atoms with Crippen LogP contribution >= 0.6 is 0 Å². The number of anilines is 1. The van der Waals surface area contributed by atoms with E-state index in [1.807, 2.05) is 12.1 Å². The summed E-state index contributed by atoms with van der Waals surface area (Å²) >= 11 is 0. The molecule has 0 bridgehead atoms. The van der Waals surface area contributed by atoms with Crippen LogP contribution in [0, 0.1) is 0 Å². The summed E-state index contributed by atoms with van der Waals surface area (Å²) in [6.45, 7) is 11.5. The molecular weight excluding hydrogens is 362 g/mol. The summed E-state index contributed by atoms with van der Waals surface area (Å²) in [6, 6.07) is 15.4. The minimum Gasteiger partial charge on any atom is -0.543 e. The Labute approximate surface area is 171 Å². The lowest BCUT2D eigenvalue weighted by Crippen LogP contribution is -2.43. The molecule has 3 rings (SSSR count). The monoisotopic (exact) mass is 397 g/mol. The van der Waals surface area contributed by atoms with Gasteiger partial charge in [0.15, 0.2) is 0 Å². The van der Waals surface area contributed by atoms with Gasteiger partial charge in [-0.05, 0) is 79.2 Å². The minimum atomic E-state index is -1.80. The molecule has 152 valence electrons. The molecule has 0 spiro atoms. The highest BCUT2D eigenvalue weighted by Gasteiger charge is 2.39. The van der Waals surface area contributed by atoms with Gasteiger partial charge in [0, 0.05) is 17.8 Å². The van der Waals surface area contributed by atoms with Crippen molar-refractivity contribution in [2.45, 2.75) is 70.6 Å².